The molecule has 3 unspecified atom stereocenters. The molecule has 4 saturated heterocycles. The molecule has 0 spiro atoms. The van der Waals surface area contributed by atoms with Crippen molar-refractivity contribution in [1.29, 1.82) is 0 Å². The van der Waals surface area contributed by atoms with Gasteiger partial charge in [-0.15, -0.1) is 0 Å². The van der Waals surface area contributed by atoms with Gasteiger partial charge < -0.3 is 58.3 Å². The lowest BCUT2D eigenvalue weighted by Crippen LogP contribution is -2.33. The third-order valence-electron chi connectivity index (χ3n) is 13.2. The Balaban J connectivity index is 0.879. The maximum atomic E-state index is 14.0. The molecular formula is C41H55N12O18P3S3. The number of anilines is 2. The lowest BCUT2D eigenvalue weighted by Gasteiger charge is -2.27. The minimum absolute atomic E-state index is 0.0108. The van der Waals surface area contributed by atoms with Crippen LogP contribution in [0.3, 0.4) is 0 Å². The first-order valence-electron chi connectivity index (χ1n) is 23.9. The fourth-order valence-electron chi connectivity index (χ4n) is 9.21. The summed E-state index contributed by atoms with van der Waals surface area (Å²) in [5.74, 6) is 0.169. The number of ether oxygens (including phenoxy) is 4. The van der Waals surface area contributed by atoms with Gasteiger partial charge in [-0.25, -0.2) is 33.9 Å². The van der Waals surface area contributed by atoms with Crippen molar-refractivity contribution in [3.63, 3.8) is 0 Å². The van der Waals surface area contributed by atoms with Crippen LogP contribution >= 0.6 is 32.5 Å². The first kappa shape index (κ1) is 57.5. The number of aromatic amines is 2. The van der Waals surface area contributed by atoms with E-state index in [4.69, 9.17) is 81.2 Å². The molecule has 77 heavy (non-hydrogen) atoms. The van der Waals surface area contributed by atoms with Gasteiger partial charge in [0, 0.05) is 54.5 Å². The first-order valence-corrected chi connectivity index (χ1v) is 31.8. The van der Waals surface area contributed by atoms with Gasteiger partial charge in [0.15, 0.2) is 11.5 Å². The Morgan fingerprint density at radius 1 is 0.675 bits per heavy atom. The van der Waals surface area contributed by atoms with Gasteiger partial charge in [0.2, 0.25) is 0 Å². The van der Waals surface area contributed by atoms with Crippen molar-refractivity contribution in [2.24, 2.45) is 0 Å². The zero-order valence-corrected chi connectivity index (χ0v) is 46.6. The van der Waals surface area contributed by atoms with Crippen LogP contribution in [-0.4, -0.2) is 121 Å². The molecule has 0 bridgehead atoms. The molecule has 4 aliphatic rings. The SMILES string of the molecule is CC[C@H]1O[C@@H](n2cnc3c(N)ncnc32)C[C@H]1OP(=O)(S)OC[C@H]1O[C@@H](n2cc(C)c(=O)[nH]c2=O)C[C@H]1OP(O)(=S)OC[C@H]1O[C@@H](n2cc(C)c(N)nc2=O)C[C@H]1OP(O)(=S)OC[C@@H]1CC[C@H](n2cc(C)c(=O)[nH]c2=O)O1. The highest BCUT2D eigenvalue weighted by atomic mass is 32.7. The average molecular weight is 1190 g/mol. The molecule has 0 saturated carbocycles. The zero-order chi connectivity index (χ0) is 55.3. The normalized spacial score (nSPS) is 28.9. The lowest BCUT2D eigenvalue weighted by molar-refractivity contribution is -0.0527. The number of aryl methyl sites for hydroxylation is 3. The summed E-state index contributed by atoms with van der Waals surface area (Å²) in [6, 6.07) is 0. The van der Waals surface area contributed by atoms with Gasteiger partial charge in [0.25, 0.3) is 11.1 Å². The fraction of sp³-hybridized carbons (Fsp3) is 0.585. The Kier molecular flexibility index (Phi) is 17.2. The molecule has 5 aromatic heterocycles. The number of thiol groups is 1. The molecule has 30 nitrogen and oxygen atoms in total. The van der Waals surface area contributed by atoms with E-state index in [0.29, 0.717) is 41.6 Å². The first-order chi connectivity index (χ1) is 36.4. The smallest absolute Gasteiger partial charge is 0.383 e. The fourth-order valence-corrected chi connectivity index (χ4v) is 13.7. The predicted octanol–water partition coefficient (Wildman–Crippen LogP) is 1.90. The molecule has 8 N–H and O–H groups in total. The highest BCUT2D eigenvalue weighted by Crippen LogP contribution is 2.58. The second-order valence-corrected chi connectivity index (χ2v) is 27.0. The molecular weight excluding hydrogens is 1140 g/mol. The summed E-state index contributed by atoms with van der Waals surface area (Å²) in [5.41, 5.74) is 10.2. The van der Waals surface area contributed by atoms with Gasteiger partial charge in [0.05, 0.1) is 56.7 Å². The van der Waals surface area contributed by atoms with E-state index in [0.717, 1.165) is 9.13 Å². The quantitative estimate of drug-likeness (QED) is 0.0432. The number of nitrogens with zero attached hydrogens (tertiary/aromatic N) is 8. The van der Waals surface area contributed by atoms with Crippen LogP contribution in [0.1, 0.15) is 87.1 Å². The highest BCUT2D eigenvalue weighted by Gasteiger charge is 2.46. The average Bonchev–Trinajstić information content (AvgIpc) is 4.22. The third kappa shape index (κ3) is 13.2. The van der Waals surface area contributed by atoms with E-state index in [1.54, 1.807) is 18.4 Å². The van der Waals surface area contributed by atoms with E-state index in [1.165, 1.54) is 42.7 Å². The number of fused-ring (bicyclic) bond motifs is 1. The Morgan fingerprint density at radius 2 is 1.19 bits per heavy atom. The summed E-state index contributed by atoms with van der Waals surface area (Å²) >= 11 is 15.2. The molecule has 9 rings (SSSR count). The summed E-state index contributed by atoms with van der Waals surface area (Å²) in [7, 11) is 0. The maximum Gasteiger partial charge on any atom is 0.386 e. The Labute approximate surface area is 450 Å². The summed E-state index contributed by atoms with van der Waals surface area (Å²) in [6.07, 6.45) is -2.63. The van der Waals surface area contributed by atoms with Gasteiger partial charge in [-0.2, -0.15) is 4.98 Å². The predicted molar refractivity (Wildman–Crippen MR) is 281 cm³/mol. The summed E-state index contributed by atoms with van der Waals surface area (Å²) < 4.78 is 79.2. The minimum Gasteiger partial charge on any atom is -0.383 e. The molecule has 0 radical (unpaired) electrons. The van der Waals surface area contributed by atoms with Crippen LogP contribution < -0.4 is 39.7 Å². The third-order valence-corrected chi connectivity index (χ3v) is 18.0. The van der Waals surface area contributed by atoms with Gasteiger partial charge in [-0.3, -0.25) is 46.9 Å². The number of rotatable bonds is 20. The van der Waals surface area contributed by atoms with Crippen LogP contribution in [0.2, 0.25) is 0 Å². The number of hydrogen-bond acceptors (Lipinski definition) is 24. The number of aromatic nitrogens is 10. The topological polar surface area (TPSA) is 390 Å². The standard InChI is InChI=1S/C41H55N12O18P3S3/c1-5-23-24(8-32(66-23)53-18-46-33-35(43)44-17-45-36(33)53)69-73(60,76)63-15-28-26(10-31(68-28)52-13-21(4)38(55)49-41(52)58)71-74(61,77)64-16-27-25(9-30(67-27)51-11-19(2)34(42)47-39(51)56)70-72(59,75)62-14-22-6-7-29(65-22)50-12-20(3)37(54)48-40(50)57/h11-13,17-18,22-32H,5-10,14-16H2,1-4H3,(H,59,75)(H,60,76)(H,61,77)(H2,42,47,56)(H2,43,44,45)(H,48,54,57)(H,49,55,58)/t22-,23+,24+,25+,26+,27+,28+,29+,30+,31+,32+,72?,73?,74?/m0/s1. The molecule has 36 heteroatoms. The van der Waals surface area contributed by atoms with Crippen molar-refractivity contribution >= 4 is 78.9 Å². The molecule has 4 fully saturated rings. The van der Waals surface area contributed by atoms with Crippen LogP contribution in [0, 0.1) is 20.8 Å². The van der Waals surface area contributed by atoms with Crippen LogP contribution in [-0.2, 0) is 74.3 Å². The van der Waals surface area contributed by atoms with Gasteiger partial charge in [0.1, 0.15) is 54.8 Å². The van der Waals surface area contributed by atoms with E-state index in [1.807, 2.05) is 6.92 Å². The summed E-state index contributed by atoms with van der Waals surface area (Å²) in [5, 5.41) is 0. The second-order valence-electron chi connectivity index (χ2n) is 18.6. The monoisotopic (exact) mass is 1190 g/mol. The van der Waals surface area contributed by atoms with Gasteiger partial charge in [-0.05, 0) is 63.6 Å². The van der Waals surface area contributed by atoms with Gasteiger partial charge in [-0.1, -0.05) is 19.2 Å². The van der Waals surface area contributed by atoms with Crippen molar-refractivity contribution in [2.75, 3.05) is 31.3 Å². The van der Waals surface area contributed by atoms with E-state index >= 15 is 0 Å². The molecule has 0 aliphatic carbocycles. The molecule has 5 aromatic rings. The molecule has 420 valence electrons. The Morgan fingerprint density at radius 3 is 1.81 bits per heavy atom. The Bertz CT molecular complexity index is 3490. The number of hydrogen-bond donors (Lipinski definition) is 7. The highest BCUT2D eigenvalue weighted by molar-refractivity contribution is 8.44. The van der Waals surface area contributed by atoms with Crippen molar-refractivity contribution < 1.29 is 60.4 Å². The summed E-state index contributed by atoms with van der Waals surface area (Å²) in [4.78, 5) is 107. The molecule has 4 aliphatic heterocycles. The van der Waals surface area contributed by atoms with Crippen LogP contribution in [0.5, 0.6) is 0 Å². The lowest BCUT2D eigenvalue weighted by atomic mass is 10.1. The number of nitrogens with one attached hydrogen (secondary N) is 2. The molecule has 0 amide bonds. The van der Waals surface area contributed by atoms with E-state index in [-0.39, 0.29) is 43.1 Å². The molecule has 9 heterocycles. The molecule has 14 atom stereocenters. The van der Waals surface area contributed by atoms with E-state index in [9.17, 15) is 38.3 Å². The van der Waals surface area contributed by atoms with E-state index < -0.39 is 129 Å². The zero-order valence-electron chi connectivity index (χ0n) is 41.4. The maximum absolute atomic E-state index is 14.0. The van der Waals surface area contributed by atoms with Crippen LogP contribution in [0.15, 0.2) is 55.2 Å². The summed E-state index contributed by atoms with van der Waals surface area (Å²) in [6.45, 7) is -7.76. The number of nitrogen functional groups attached to an aromatic ring is 2. The second kappa shape index (κ2) is 23.1. The number of imidazole rings is 1. The van der Waals surface area contributed by atoms with Crippen molar-refractivity contribution in [3.05, 3.63) is 100 Å². The van der Waals surface area contributed by atoms with Crippen LogP contribution in [0.4, 0.5) is 11.6 Å². The number of H-pyrrole nitrogens is 2. The molecule has 0 aromatic carbocycles. The minimum atomic E-state index is -4.40. The van der Waals surface area contributed by atoms with Gasteiger partial charge >= 0.3 is 37.3 Å². The number of nitrogens with two attached hydrogens (primary N) is 2. The van der Waals surface area contributed by atoms with Crippen molar-refractivity contribution in [3.8, 4) is 0 Å². The van der Waals surface area contributed by atoms with Crippen molar-refractivity contribution in [1.82, 2.24) is 48.2 Å². The Hall–Kier alpha value is -4.21. The largest absolute Gasteiger partial charge is 0.386 e. The van der Waals surface area contributed by atoms with Crippen LogP contribution in [0.25, 0.3) is 11.2 Å². The van der Waals surface area contributed by atoms with E-state index in [2.05, 4.69) is 42.2 Å². The van der Waals surface area contributed by atoms with Crippen molar-refractivity contribution in [2.45, 2.75) is 134 Å².